The van der Waals surface area contributed by atoms with Crippen LogP contribution in [0.25, 0.3) is 0 Å². The number of hydrogen-bond donors (Lipinski definition) is 0. The lowest BCUT2D eigenvalue weighted by Crippen LogP contribution is -2.37. The normalized spacial score (nSPS) is 59.1. The third kappa shape index (κ3) is 0.700. The zero-order valence-corrected chi connectivity index (χ0v) is 12.4. The molecule has 21 heavy (non-hydrogen) atoms. The van der Waals surface area contributed by atoms with Crippen LogP contribution in [0.15, 0.2) is 46.2 Å². The number of fused-ring (bicyclic) bond motifs is 2. The average molecular weight is 296 g/mol. The highest BCUT2D eigenvalue weighted by Gasteiger charge is 3.08. The lowest BCUT2D eigenvalue weighted by Gasteiger charge is -2.39. The van der Waals surface area contributed by atoms with E-state index in [1.165, 1.54) is 6.42 Å². The molecule has 1 aromatic carbocycles. The molecular weight excluding hydrogens is 280 g/mol. The van der Waals surface area contributed by atoms with Crippen LogP contribution in [0.5, 0.6) is 0 Å². The van der Waals surface area contributed by atoms with Crippen molar-refractivity contribution in [2.75, 3.05) is 0 Å². The summed E-state index contributed by atoms with van der Waals surface area (Å²) in [5.74, 6) is 4.78. The molecule has 3 heteroatoms. The van der Waals surface area contributed by atoms with Gasteiger partial charge in [-0.3, -0.25) is 0 Å². The molecule has 0 unspecified atom stereocenters. The van der Waals surface area contributed by atoms with Crippen LogP contribution in [-0.4, -0.2) is 8.42 Å². The van der Waals surface area contributed by atoms with Crippen molar-refractivity contribution >= 4 is 9.84 Å². The molecule has 0 saturated heterocycles. The van der Waals surface area contributed by atoms with Gasteiger partial charge in [0.15, 0.2) is 0 Å². The first kappa shape index (κ1) is 10.6. The fourth-order valence-corrected chi connectivity index (χ4v) is 10.2. The van der Waals surface area contributed by atoms with Gasteiger partial charge in [0.25, 0.3) is 0 Å². The van der Waals surface area contributed by atoms with Gasteiger partial charge in [-0.15, -0.1) is 0 Å². The molecule has 2 spiro atoms. The van der Waals surface area contributed by atoms with E-state index < -0.39 is 9.84 Å². The van der Waals surface area contributed by atoms with E-state index in [9.17, 15) is 8.42 Å². The van der Waals surface area contributed by atoms with E-state index in [-0.39, 0.29) is 0 Å². The first-order valence-electron chi connectivity index (χ1n) is 8.18. The Hall–Kier alpha value is -1.09. The van der Waals surface area contributed by atoms with E-state index in [1.807, 2.05) is 18.2 Å². The molecule has 0 amide bonds. The van der Waals surface area contributed by atoms with Gasteiger partial charge in [-0.1, -0.05) is 24.3 Å². The van der Waals surface area contributed by atoms with E-state index in [1.54, 1.807) is 12.1 Å². The summed E-state index contributed by atoms with van der Waals surface area (Å²) in [6.45, 7) is 0. The third-order valence-corrected chi connectivity index (χ3v) is 10.3. The second kappa shape index (κ2) is 2.54. The maximum absolute atomic E-state index is 13.0. The standard InChI is InChI=1S/C18H16O2S/c19-21(20,10-4-2-1-3-5-10)14-7-9-6-11(14)18-13-8-12-15(16(13)18)17(9,12)18/h1-5,7,9,11-13,15-16H,6,8H2/t9-,11-,12+,13+,15-,16+,17-,18+/m1/s1. The number of benzene rings is 1. The Labute approximate surface area is 124 Å². The van der Waals surface area contributed by atoms with E-state index in [2.05, 4.69) is 6.08 Å². The molecule has 1 aromatic rings. The van der Waals surface area contributed by atoms with Gasteiger partial charge in [0.1, 0.15) is 0 Å². The van der Waals surface area contributed by atoms with Crippen molar-refractivity contribution in [3.63, 3.8) is 0 Å². The Morgan fingerprint density at radius 1 is 0.952 bits per heavy atom. The van der Waals surface area contributed by atoms with Crippen molar-refractivity contribution in [1.29, 1.82) is 0 Å². The first-order valence-corrected chi connectivity index (χ1v) is 9.66. The molecular formula is C18H16O2S. The fraction of sp³-hybridized carbons (Fsp3) is 0.556. The molecule has 0 heterocycles. The van der Waals surface area contributed by atoms with Crippen LogP contribution in [-0.2, 0) is 9.84 Å². The molecule has 8 atom stereocenters. The van der Waals surface area contributed by atoms with Gasteiger partial charge >= 0.3 is 0 Å². The molecule has 6 fully saturated rings. The lowest BCUT2D eigenvalue weighted by atomic mass is 9.66. The average Bonchev–Trinajstić information content (AvgIpc) is 2.98. The van der Waals surface area contributed by atoms with Crippen molar-refractivity contribution in [3.8, 4) is 0 Å². The maximum atomic E-state index is 13.0. The fourth-order valence-electron chi connectivity index (χ4n) is 8.36. The van der Waals surface area contributed by atoms with Crippen molar-refractivity contribution in [3.05, 3.63) is 41.3 Å². The molecule has 0 aliphatic heterocycles. The highest BCUT2D eigenvalue weighted by atomic mass is 32.2. The summed E-state index contributed by atoms with van der Waals surface area (Å²) >= 11 is 0. The molecule has 8 rings (SSSR count). The number of sulfone groups is 1. The Kier molecular flexibility index (Phi) is 1.28. The second-order valence-corrected chi connectivity index (χ2v) is 10.1. The summed E-state index contributed by atoms with van der Waals surface area (Å²) in [5, 5.41) is 0. The SMILES string of the molecule is O=S(=O)(C1=C[C@H]2C[C@H]1[C@@]13[C@@H]4[C@H]5[C@H](C[C@@H]41)[C@@]523)c1ccccc1. The predicted octanol–water partition coefficient (Wildman–Crippen LogP) is 2.88. The van der Waals surface area contributed by atoms with Crippen molar-refractivity contribution < 1.29 is 8.42 Å². The number of hydrogen-bond acceptors (Lipinski definition) is 2. The summed E-state index contributed by atoms with van der Waals surface area (Å²) in [7, 11) is -3.26. The van der Waals surface area contributed by atoms with Crippen molar-refractivity contribution in [2.45, 2.75) is 17.7 Å². The van der Waals surface area contributed by atoms with Crippen LogP contribution >= 0.6 is 0 Å². The van der Waals surface area contributed by atoms with Crippen molar-refractivity contribution in [2.24, 2.45) is 46.3 Å². The van der Waals surface area contributed by atoms with Crippen LogP contribution in [0, 0.1) is 46.3 Å². The second-order valence-electron chi connectivity index (χ2n) is 8.15. The molecule has 0 radical (unpaired) electrons. The molecule has 2 nitrogen and oxygen atoms in total. The summed E-state index contributed by atoms with van der Waals surface area (Å²) < 4.78 is 26.1. The lowest BCUT2D eigenvalue weighted by molar-refractivity contribution is 0.119. The maximum Gasteiger partial charge on any atom is 0.202 e. The quantitative estimate of drug-likeness (QED) is 0.841. The van der Waals surface area contributed by atoms with Crippen LogP contribution in [0.4, 0.5) is 0 Å². The predicted molar refractivity (Wildman–Crippen MR) is 76.8 cm³/mol. The Bertz CT molecular complexity index is 858. The Balaban J connectivity index is 1.42. The molecule has 0 aromatic heterocycles. The topological polar surface area (TPSA) is 34.1 Å². The highest BCUT2D eigenvalue weighted by molar-refractivity contribution is 7.95. The van der Waals surface area contributed by atoms with E-state index in [4.69, 9.17) is 0 Å². The molecule has 106 valence electrons. The summed E-state index contributed by atoms with van der Waals surface area (Å²) in [6.07, 6.45) is 4.75. The van der Waals surface area contributed by atoms with Gasteiger partial charge in [0.05, 0.1) is 4.90 Å². The van der Waals surface area contributed by atoms with Crippen LogP contribution in [0.1, 0.15) is 12.8 Å². The smallest absolute Gasteiger partial charge is 0.202 e. The van der Waals surface area contributed by atoms with E-state index in [0.717, 1.165) is 35.0 Å². The van der Waals surface area contributed by atoms with Crippen LogP contribution in [0.2, 0.25) is 0 Å². The summed E-state index contributed by atoms with van der Waals surface area (Å²) in [5.41, 5.74) is 1.08. The number of rotatable bonds is 2. The molecule has 4 bridgehead atoms. The van der Waals surface area contributed by atoms with E-state index >= 15 is 0 Å². The van der Waals surface area contributed by atoms with Gasteiger partial charge in [-0.25, -0.2) is 8.42 Å². The van der Waals surface area contributed by atoms with Gasteiger partial charge in [-0.05, 0) is 65.4 Å². The summed E-state index contributed by atoms with van der Waals surface area (Å²) in [6, 6.07) is 9.05. The van der Waals surface area contributed by atoms with Crippen LogP contribution < -0.4 is 0 Å². The zero-order chi connectivity index (χ0) is 13.8. The third-order valence-electron chi connectivity index (χ3n) is 8.38. The van der Waals surface area contributed by atoms with E-state index in [0.29, 0.717) is 27.6 Å². The Morgan fingerprint density at radius 3 is 2.38 bits per heavy atom. The van der Waals surface area contributed by atoms with Gasteiger partial charge in [-0.2, -0.15) is 0 Å². The molecule has 6 saturated carbocycles. The molecule has 0 N–H and O–H groups in total. The van der Waals surface area contributed by atoms with Gasteiger partial charge in [0.2, 0.25) is 9.84 Å². The molecule has 7 aliphatic rings. The zero-order valence-electron chi connectivity index (χ0n) is 11.6. The first-order chi connectivity index (χ1) is 10.2. The highest BCUT2D eigenvalue weighted by Crippen LogP contribution is 3.11. The van der Waals surface area contributed by atoms with Crippen molar-refractivity contribution in [1.82, 2.24) is 0 Å². The van der Waals surface area contributed by atoms with Crippen LogP contribution in [0.3, 0.4) is 0 Å². The molecule has 7 aliphatic carbocycles. The summed E-state index contributed by atoms with van der Waals surface area (Å²) in [4.78, 5) is 1.29. The minimum atomic E-state index is -3.26. The minimum Gasteiger partial charge on any atom is -0.219 e. The largest absolute Gasteiger partial charge is 0.219 e. The number of allylic oxidation sites excluding steroid dienone is 2. The van der Waals surface area contributed by atoms with Gasteiger partial charge in [0, 0.05) is 10.8 Å². The van der Waals surface area contributed by atoms with Gasteiger partial charge < -0.3 is 0 Å². The Morgan fingerprint density at radius 2 is 1.67 bits per heavy atom. The monoisotopic (exact) mass is 296 g/mol. The minimum absolute atomic E-state index is 0.367.